The number of nitrogens with one attached hydrogen (secondary N) is 3. The molecule has 0 aliphatic heterocycles. The summed E-state index contributed by atoms with van der Waals surface area (Å²) in [5, 5.41) is 6.79. The van der Waals surface area contributed by atoms with E-state index in [1.54, 1.807) is 18.2 Å². The first-order valence-electron chi connectivity index (χ1n) is 10.5. The monoisotopic (exact) mass is 552 g/mol. The number of aliphatic imine (C=N–C) groups is 1. The molecule has 1 saturated carbocycles. The van der Waals surface area contributed by atoms with E-state index in [-0.39, 0.29) is 35.4 Å². The van der Waals surface area contributed by atoms with Crippen molar-refractivity contribution in [2.75, 3.05) is 33.4 Å². The Kier molecular flexibility index (Phi) is 12.2. The molecule has 1 aromatic carbocycles. The summed E-state index contributed by atoms with van der Waals surface area (Å²) < 4.78 is 32.2. The molecule has 0 saturated heterocycles. The minimum atomic E-state index is -3.55. The molecular formula is C21H37IN4O3S. The lowest BCUT2D eigenvalue weighted by Gasteiger charge is -2.28. The second-order valence-corrected chi connectivity index (χ2v) is 9.41. The van der Waals surface area contributed by atoms with Gasteiger partial charge in [-0.3, -0.25) is 0 Å². The number of hydrogen-bond donors (Lipinski definition) is 3. The fraction of sp³-hybridized carbons (Fsp3) is 0.667. The van der Waals surface area contributed by atoms with Crippen molar-refractivity contribution in [3.63, 3.8) is 0 Å². The third kappa shape index (κ3) is 8.32. The number of benzene rings is 1. The summed E-state index contributed by atoms with van der Waals surface area (Å²) in [4.78, 5) is 4.91. The molecule has 9 heteroatoms. The van der Waals surface area contributed by atoms with Crippen molar-refractivity contribution in [1.29, 1.82) is 0 Å². The van der Waals surface area contributed by atoms with Crippen LogP contribution < -0.4 is 15.4 Å². The molecule has 0 heterocycles. The van der Waals surface area contributed by atoms with Crippen LogP contribution in [0.25, 0.3) is 0 Å². The second-order valence-electron chi connectivity index (χ2n) is 7.65. The molecule has 0 radical (unpaired) electrons. The first kappa shape index (κ1) is 27.1. The zero-order valence-corrected chi connectivity index (χ0v) is 21.5. The summed E-state index contributed by atoms with van der Waals surface area (Å²) in [7, 11) is -2.01. The van der Waals surface area contributed by atoms with Crippen LogP contribution in [0.15, 0.2) is 34.2 Å². The first-order chi connectivity index (χ1) is 13.9. The Balaban J connectivity index is 0.00000450. The van der Waals surface area contributed by atoms with Gasteiger partial charge >= 0.3 is 0 Å². The predicted octanol–water partition coefficient (Wildman–Crippen LogP) is 3.25. The van der Waals surface area contributed by atoms with E-state index in [1.165, 1.54) is 39.2 Å². The smallest absolute Gasteiger partial charge is 0.240 e. The van der Waals surface area contributed by atoms with Gasteiger partial charge in [-0.25, -0.2) is 18.1 Å². The van der Waals surface area contributed by atoms with Crippen LogP contribution >= 0.6 is 24.0 Å². The van der Waals surface area contributed by atoms with Crippen molar-refractivity contribution in [2.45, 2.75) is 57.4 Å². The normalized spacial score (nSPS) is 16.2. The van der Waals surface area contributed by atoms with Crippen LogP contribution in [-0.2, 0) is 21.3 Å². The highest BCUT2D eigenvalue weighted by Gasteiger charge is 2.31. The van der Waals surface area contributed by atoms with Crippen LogP contribution in [0.1, 0.15) is 51.5 Å². The van der Waals surface area contributed by atoms with E-state index in [0.29, 0.717) is 18.6 Å². The number of nitrogens with zero attached hydrogens (tertiary/aromatic N) is 1. The van der Waals surface area contributed by atoms with Gasteiger partial charge in [0.1, 0.15) is 0 Å². The van der Waals surface area contributed by atoms with Crippen molar-refractivity contribution in [3.8, 4) is 0 Å². The summed E-state index contributed by atoms with van der Waals surface area (Å²) in [6, 6.07) is 6.91. The van der Waals surface area contributed by atoms with Gasteiger partial charge < -0.3 is 15.4 Å². The molecule has 1 fully saturated rings. The molecule has 0 unspecified atom stereocenters. The lowest BCUT2D eigenvalue weighted by Crippen LogP contribution is -2.42. The number of methoxy groups -OCH3 is 1. The summed E-state index contributed by atoms with van der Waals surface area (Å²) in [6.07, 6.45) is 6.33. The van der Waals surface area contributed by atoms with Crippen LogP contribution in [0.3, 0.4) is 0 Å². The van der Waals surface area contributed by atoms with Gasteiger partial charge in [-0.1, -0.05) is 31.9 Å². The van der Waals surface area contributed by atoms with Crippen LogP contribution in [0.2, 0.25) is 0 Å². The van der Waals surface area contributed by atoms with E-state index in [1.807, 2.05) is 13.0 Å². The van der Waals surface area contributed by atoms with E-state index in [4.69, 9.17) is 4.74 Å². The fourth-order valence-corrected chi connectivity index (χ4v) is 4.82. The minimum absolute atomic E-state index is 0. The Morgan fingerprint density at radius 1 is 1.20 bits per heavy atom. The topological polar surface area (TPSA) is 91.8 Å². The Morgan fingerprint density at radius 3 is 2.57 bits per heavy atom. The summed E-state index contributed by atoms with van der Waals surface area (Å²) >= 11 is 0. The highest BCUT2D eigenvalue weighted by Crippen LogP contribution is 2.40. The summed E-state index contributed by atoms with van der Waals surface area (Å²) in [6.45, 7) is 7.01. The second kappa shape index (κ2) is 13.5. The fourth-order valence-electron chi connectivity index (χ4n) is 3.74. The van der Waals surface area contributed by atoms with Gasteiger partial charge in [-0.05, 0) is 49.3 Å². The molecule has 0 bridgehead atoms. The average molecular weight is 553 g/mol. The van der Waals surface area contributed by atoms with Crippen LogP contribution in [0, 0.1) is 5.41 Å². The molecule has 1 aromatic rings. The third-order valence-corrected chi connectivity index (χ3v) is 7.07. The van der Waals surface area contributed by atoms with E-state index in [9.17, 15) is 8.42 Å². The number of guanidine groups is 1. The third-order valence-electron chi connectivity index (χ3n) is 5.62. The van der Waals surface area contributed by atoms with E-state index < -0.39 is 10.0 Å². The van der Waals surface area contributed by atoms with Gasteiger partial charge in [0.25, 0.3) is 0 Å². The zero-order valence-electron chi connectivity index (χ0n) is 18.4. The van der Waals surface area contributed by atoms with E-state index in [0.717, 1.165) is 24.6 Å². The highest BCUT2D eigenvalue weighted by molar-refractivity contribution is 14.0. The van der Waals surface area contributed by atoms with E-state index >= 15 is 0 Å². The van der Waals surface area contributed by atoms with Gasteiger partial charge in [-0.2, -0.15) is 0 Å². The SMILES string of the molecule is CCNC(=NCc1cccc(S(=O)(=O)NCCOC)c1)NCC1(CC)CCCC1.I. The first-order valence-corrected chi connectivity index (χ1v) is 12.0. The summed E-state index contributed by atoms with van der Waals surface area (Å²) in [5.41, 5.74) is 1.22. The van der Waals surface area contributed by atoms with Crippen molar-refractivity contribution >= 4 is 40.0 Å². The van der Waals surface area contributed by atoms with Crippen LogP contribution in [-0.4, -0.2) is 47.7 Å². The van der Waals surface area contributed by atoms with Crippen molar-refractivity contribution in [2.24, 2.45) is 10.4 Å². The molecule has 0 aromatic heterocycles. The largest absolute Gasteiger partial charge is 0.383 e. The van der Waals surface area contributed by atoms with Gasteiger partial charge in [0.05, 0.1) is 18.0 Å². The molecule has 30 heavy (non-hydrogen) atoms. The Hall–Kier alpha value is -0.910. The van der Waals surface area contributed by atoms with Gasteiger partial charge in [0, 0.05) is 26.7 Å². The lowest BCUT2D eigenvalue weighted by molar-refractivity contribution is 0.204. The van der Waals surface area contributed by atoms with Crippen LogP contribution in [0.4, 0.5) is 0 Å². The van der Waals surface area contributed by atoms with E-state index in [2.05, 4.69) is 27.3 Å². The maximum atomic E-state index is 12.4. The van der Waals surface area contributed by atoms with Gasteiger partial charge in [0.2, 0.25) is 10.0 Å². The maximum Gasteiger partial charge on any atom is 0.240 e. The number of ether oxygens (including phenoxy) is 1. The zero-order chi connectivity index (χ0) is 21.2. The molecule has 0 spiro atoms. The Bertz CT molecular complexity index is 765. The van der Waals surface area contributed by atoms with Crippen molar-refractivity contribution in [1.82, 2.24) is 15.4 Å². The van der Waals surface area contributed by atoms with Crippen molar-refractivity contribution in [3.05, 3.63) is 29.8 Å². The Morgan fingerprint density at radius 2 is 1.93 bits per heavy atom. The molecule has 1 aliphatic carbocycles. The molecule has 1 aliphatic rings. The summed E-state index contributed by atoms with van der Waals surface area (Å²) in [5.74, 6) is 0.777. The van der Waals surface area contributed by atoms with Crippen LogP contribution in [0.5, 0.6) is 0 Å². The number of rotatable bonds is 11. The molecule has 0 amide bonds. The standard InChI is InChI=1S/C21H36N4O3S.HI/c1-4-21(11-6-7-12-21)17-24-20(22-5-2)23-16-18-9-8-10-19(15-18)29(26,27)25-13-14-28-3;/h8-10,15,25H,4-7,11-14,16-17H2,1-3H3,(H2,22,23,24);1H. The van der Waals surface area contributed by atoms with Gasteiger partial charge in [0.15, 0.2) is 5.96 Å². The number of sulfonamides is 1. The van der Waals surface area contributed by atoms with Crippen molar-refractivity contribution < 1.29 is 13.2 Å². The quantitative estimate of drug-likeness (QED) is 0.170. The average Bonchev–Trinajstić information content (AvgIpc) is 3.20. The number of hydrogen-bond acceptors (Lipinski definition) is 4. The highest BCUT2D eigenvalue weighted by atomic mass is 127. The molecule has 7 nitrogen and oxygen atoms in total. The molecule has 172 valence electrons. The van der Waals surface area contributed by atoms with Gasteiger partial charge in [-0.15, -0.1) is 24.0 Å². The molecular weight excluding hydrogens is 515 g/mol. The molecule has 0 atom stereocenters. The predicted molar refractivity (Wildman–Crippen MR) is 133 cm³/mol. The lowest BCUT2D eigenvalue weighted by atomic mass is 9.83. The Labute approximate surface area is 198 Å². The maximum absolute atomic E-state index is 12.4. The molecule has 2 rings (SSSR count). The minimum Gasteiger partial charge on any atom is -0.383 e. The number of halogens is 1. The molecule has 3 N–H and O–H groups in total.